The molecule has 0 aliphatic rings. The summed E-state index contributed by atoms with van der Waals surface area (Å²) in [7, 11) is 0. The number of hydrogen-bond acceptors (Lipinski definition) is 3. The zero-order chi connectivity index (χ0) is 11.4. The van der Waals surface area contributed by atoms with Crippen molar-refractivity contribution in [2.45, 2.75) is 13.0 Å². The summed E-state index contributed by atoms with van der Waals surface area (Å²) in [5.74, 6) is -1.39. The van der Waals surface area contributed by atoms with E-state index in [-0.39, 0.29) is 30.3 Å². The molecule has 1 atom stereocenters. The number of halogens is 2. The Morgan fingerprint density at radius 2 is 2.25 bits per heavy atom. The predicted octanol–water partition coefficient (Wildman–Crippen LogP) is 1.11. The molecule has 0 aliphatic carbocycles. The number of primary amides is 1. The number of aliphatic hydroxyl groups excluding tert-OH is 1. The van der Waals surface area contributed by atoms with Crippen molar-refractivity contribution in [3.63, 3.8) is 0 Å². The first-order valence-corrected chi connectivity index (χ1v) is 4.41. The van der Waals surface area contributed by atoms with Gasteiger partial charge < -0.3 is 15.6 Å². The van der Waals surface area contributed by atoms with Crippen molar-refractivity contribution in [1.29, 1.82) is 0 Å². The number of amides is 1. The van der Waals surface area contributed by atoms with Gasteiger partial charge in [-0.25, -0.2) is 4.39 Å². The molecule has 0 radical (unpaired) electrons. The molecule has 0 saturated heterocycles. The largest absolute Gasteiger partial charge is 0.488 e. The van der Waals surface area contributed by atoms with E-state index in [1.54, 1.807) is 0 Å². The minimum Gasteiger partial charge on any atom is -0.488 e. The van der Waals surface area contributed by atoms with Gasteiger partial charge in [-0.05, 0) is 25.1 Å². The number of carbonyl (C=O) groups is 1. The summed E-state index contributed by atoms with van der Waals surface area (Å²) >= 11 is 0. The number of hydrogen-bond donors (Lipinski definition) is 2. The fraction of sp³-hybridized carbons (Fsp3) is 0.300. The second-order valence-electron chi connectivity index (χ2n) is 3.17. The molecule has 90 valence electrons. The van der Waals surface area contributed by atoms with E-state index in [9.17, 15) is 9.18 Å². The first-order chi connectivity index (χ1) is 7.00. The third kappa shape index (κ3) is 4.04. The van der Waals surface area contributed by atoms with Gasteiger partial charge in [0.05, 0.1) is 6.10 Å². The predicted molar refractivity (Wildman–Crippen MR) is 59.3 cm³/mol. The first-order valence-electron chi connectivity index (χ1n) is 4.41. The highest BCUT2D eigenvalue weighted by atomic mass is 35.5. The van der Waals surface area contributed by atoms with Gasteiger partial charge in [0, 0.05) is 5.56 Å². The molecule has 0 heterocycles. The molecule has 3 N–H and O–H groups in total. The van der Waals surface area contributed by atoms with Crippen LogP contribution in [0.3, 0.4) is 0 Å². The molecular formula is C10H13ClFNO3. The van der Waals surface area contributed by atoms with E-state index in [0.29, 0.717) is 0 Å². The molecule has 1 rings (SSSR count). The normalized spacial score (nSPS) is 11.4. The van der Waals surface area contributed by atoms with Gasteiger partial charge in [0.15, 0.2) is 11.6 Å². The van der Waals surface area contributed by atoms with E-state index in [1.165, 1.54) is 19.1 Å². The van der Waals surface area contributed by atoms with Crippen molar-refractivity contribution >= 4 is 18.3 Å². The molecule has 1 aromatic carbocycles. The van der Waals surface area contributed by atoms with Crippen LogP contribution in [0.15, 0.2) is 18.2 Å². The number of benzene rings is 1. The third-order valence-corrected chi connectivity index (χ3v) is 1.70. The number of carbonyl (C=O) groups excluding carboxylic acids is 1. The van der Waals surface area contributed by atoms with Gasteiger partial charge in [0.2, 0.25) is 5.91 Å². The average molecular weight is 250 g/mol. The summed E-state index contributed by atoms with van der Waals surface area (Å²) in [4.78, 5) is 10.7. The summed E-state index contributed by atoms with van der Waals surface area (Å²) < 4.78 is 18.2. The lowest BCUT2D eigenvalue weighted by molar-refractivity contribution is 0.0998. The number of aliphatic hydroxyl groups is 1. The molecule has 0 aliphatic heterocycles. The van der Waals surface area contributed by atoms with Crippen LogP contribution in [0.1, 0.15) is 17.3 Å². The Bertz CT molecular complexity index is 371. The maximum absolute atomic E-state index is 13.2. The fourth-order valence-electron chi connectivity index (χ4n) is 0.982. The molecule has 0 bridgehead atoms. The lowest BCUT2D eigenvalue weighted by Crippen LogP contribution is -2.14. The maximum Gasteiger partial charge on any atom is 0.248 e. The highest BCUT2D eigenvalue weighted by Crippen LogP contribution is 2.18. The minimum atomic E-state index is -0.698. The lowest BCUT2D eigenvalue weighted by Gasteiger charge is -2.09. The van der Waals surface area contributed by atoms with Gasteiger partial charge in [-0.3, -0.25) is 4.79 Å². The molecule has 16 heavy (non-hydrogen) atoms. The summed E-state index contributed by atoms with van der Waals surface area (Å²) in [5.41, 5.74) is 5.05. The number of rotatable bonds is 4. The lowest BCUT2D eigenvalue weighted by atomic mass is 10.2. The molecule has 1 aromatic rings. The van der Waals surface area contributed by atoms with Crippen molar-refractivity contribution in [2.24, 2.45) is 5.73 Å². The van der Waals surface area contributed by atoms with Crippen molar-refractivity contribution in [3.8, 4) is 5.75 Å². The van der Waals surface area contributed by atoms with Crippen LogP contribution in [0.5, 0.6) is 5.75 Å². The van der Waals surface area contributed by atoms with E-state index >= 15 is 0 Å². The topological polar surface area (TPSA) is 72.6 Å². The zero-order valence-electron chi connectivity index (χ0n) is 8.64. The molecule has 0 fully saturated rings. The van der Waals surface area contributed by atoms with Crippen LogP contribution in [0, 0.1) is 5.82 Å². The molecule has 4 nitrogen and oxygen atoms in total. The Morgan fingerprint density at radius 1 is 1.62 bits per heavy atom. The smallest absolute Gasteiger partial charge is 0.248 e. The second kappa shape index (κ2) is 6.30. The van der Waals surface area contributed by atoms with Gasteiger partial charge in [-0.2, -0.15) is 0 Å². The van der Waals surface area contributed by atoms with Crippen molar-refractivity contribution in [2.75, 3.05) is 6.61 Å². The van der Waals surface area contributed by atoms with E-state index in [0.717, 1.165) is 6.07 Å². The van der Waals surface area contributed by atoms with Crippen molar-refractivity contribution in [1.82, 2.24) is 0 Å². The molecule has 0 saturated carbocycles. The van der Waals surface area contributed by atoms with E-state index < -0.39 is 17.8 Å². The van der Waals surface area contributed by atoms with Gasteiger partial charge >= 0.3 is 0 Å². The van der Waals surface area contributed by atoms with Crippen LogP contribution in [-0.2, 0) is 0 Å². The van der Waals surface area contributed by atoms with Crippen LogP contribution < -0.4 is 10.5 Å². The SMILES string of the molecule is C[C@H](O)COc1ccc(C(N)=O)cc1F.Cl. The van der Waals surface area contributed by atoms with Gasteiger partial charge in [0.25, 0.3) is 0 Å². The molecule has 1 amide bonds. The molecule has 6 heteroatoms. The van der Waals surface area contributed by atoms with Crippen molar-refractivity contribution < 1.29 is 19.0 Å². The maximum atomic E-state index is 13.2. The van der Waals surface area contributed by atoms with E-state index in [1.807, 2.05) is 0 Å². The number of nitrogens with two attached hydrogens (primary N) is 1. The highest BCUT2D eigenvalue weighted by molar-refractivity contribution is 5.92. The molecule has 0 unspecified atom stereocenters. The van der Waals surface area contributed by atoms with Crippen LogP contribution in [-0.4, -0.2) is 23.7 Å². The standard InChI is InChI=1S/C10H12FNO3.ClH/c1-6(13)5-15-9-3-2-7(10(12)14)4-8(9)11;/h2-4,6,13H,5H2,1H3,(H2,12,14);1H/t6-;/m0./s1. The Balaban J connectivity index is 0.00000225. The quantitative estimate of drug-likeness (QED) is 0.840. The Morgan fingerprint density at radius 3 is 2.69 bits per heavy atom. The van der Waals surface area contributed by atoms with Crippen LogP contribution in [0.4, 0.5) is 4.39 Å². The fourth-order valence-corrected chi connectivity index (χ4v) is 0.982. The zero-order valence-corrected chi connectivity index (χ0v) is 9.46. The first kappa shape index (κ1) is 14.7. The summed E-state index contributed by atoms with van der Waals surface area (Å²) in [6, 6.07) is 3.67. The summed E-state index contributed by atoms with van der Waals surface area (Å²) in [6.07, 6.45) is -0.680. The van der Waals surface area contributed by atoms with Crippen LogP contribution >= 0.6 is 12.4 Å². The monoisotopic (exact) mass is 249 g/mol. The summed E-state index contributed by atoms with van der Waals surface area (Å²) in [6.45, 7) is 1.52. The molecule has 0 spiro atoms. The van der Waals surface area contributed by atoms with Crippen LogP contribution in [0.2, 0.25) is 0 Å². The highest BCUT2D eigenvalue weighted by Gasteiger charge is 2.08. The number of ether oxygens (including phenoxy) is 1. The van der Waals surface area contributed by atoms with Crippen LogP contribution in [0.25, 0.3) is 0 Å². The van der Waals surface area contributed by atoms with Crippen molar-refractivity contribution in [3.05, 3.63) is 29.6 Å². The second-order valence-corrected chi connectivity index (χ2v) is 3.17. The Labute approximate surface area is 98.6 Å². The van der Waals surface area contributed by atoms with Gasteiger partial charge in [-0.15, -0.1) is 12.4 Å². The third-order valence-electron chi connectivity index (χ3n) is 1.70. The van der Waals surface area contributed by atoms with Gasteiger partial charge in [0.1, 0.15) is 6.61 Å². The Hall–Kier alpha value is -1.33. The average Bonchev–Trinajstić information content (AvgIpc) is 2.15. The van der Waals surface area contributed by atoms with E-state index in [2.05, 4.69) is 0 Å². The summed E-state index contributed by atoms with van der Waals surface area (Å²) in [5, 5.41) is 8.93. The minimum absolute atomic E-state index is 0. The van der Waals surface area contributed by atoms with E-state index in [4.69, 9.17) is 15.6 Å². The Kier molecular flexibility index (Phi) is 5.77. The molecular weight excluding hydrogens is 237 g/mol. The molecule has 0 aromatic heterocycles. The van der Waals surface area contributed by atoms with Gasteiger partial charge in [-0.1, -0.05) is 0 Å².